The Bertz CT molecular complexity index is 427. The lowest BCUT2D eigenvalue weighted by Gasteiger charge is -2.28. The van der Waals surface area contributed by atoms with Crippen LogP contribution in [0.3, 0.4) is 0 Å². The number of hydrogen-bond donors (Lipinski definition) is 1. The molecule has 3 heteroatoms. The zero-order valence-corrected chi connectivity index (χ0v) is 11.0. The quantitative estimate of drug-likeness (QED) is 0.884. The Kier molecular flexibility index (Phi) is 3.35. The first-order chi connectivity index (χ1) is 8.74. The summed E-state index contributed by atoms with van der Waals surface area (Å²) in [6.45, 7) is 2.26. The molecule has 98 valence electrons. The highest BCUT2D eigenvalue weighted by Crippen LogP contribution is 2.35. The van der Waals surface area contributed by atoms with Crippen LogP contribution in [0.15, 0.2) is 18.2 Å². The lowest BCUT2D eigenvalue weighted by Crippen LogP contribution is -2.36. The van der Waals surface area contributed by atoms with Gasteiger partial charge < -0.3 is 5.32 Å². The third-order valence-corrected chi connectivity index (χ3v) is 4.35. The summed E-state index contributed by atoms with van der Waals surface area (Å²) in [5.74, 6) is -0.102. The van der Waals surface area contributed by atoms with Crippen molar-refractivity contribution in [3.05, 3.63) is 35.1 Å². The molecule has 1 heterocycles. The molecule has 1 aliphatic heterocycles. The standard InChI is InChI=1S/C15H21FN2/c1-18(10-13-3-2-8-17-13)15-7-4-11-9-12(16)5-6-14(11)15/h5-6,9,13,15,17H,2-4,7-8,10H2,1H3. The average Bonchev–Trinajstić information content (AvgIpc) is 2.97. The predicted molar refractivity (Wildman–Crippen MR) is 71.1 cm³/mol. The molecule has 3 rings (SSSR count). The molecule has 2 atom stereocenters. The molecule has 1 aromatic carbocycles. The van der Waals surface area contributed by atoms with E-state index < -0.39 is 0 Å². The predicted octanol–water partition coefficient (Wildman–Crippen LogP) is 2.50. The summed E-state index contributed by atoms with van der Waals surface area (Å²) in [5, 5.41) is 3.54. The minimum absolute atomic E-state index is 0.102. The Hall–Kier alpha value is -0.930. The molecular weight excluding hydrogens is 227 g/mol. The van der Waals surface area contributed by atoms with E-state index >= 15 is 0 Å². The third kappa shape index (κ3) is 2.29. The van der Waals surface area contributed by atoms with Crippen LogP contribution in [-0.4, -0.2) is 31.1 Å². The van der Waals surface area contributed by atoms with Gasteiger partial charge in [-0.2, -0.15) is 0 Å². The third-order valence-electron chi connectivity index (χ3n) is 4.35. The van der Waals surface area contributed by atoms with Crippen molar-refractivity contribution in [1.29, 1.82) is 0 Å². The van der Waals surface area contributed by atoms with Crippen LogP contribution < -0.4 is 5.32 Å². The van der Waals surface area contributed by atoms with Crippen LogP contribution in [0, 0.1) is 5.82 Å². The molecule has 2 nitrogen and oxygen atoms in total. The lowest BCUT2D eigenvalue weighted by molar-refractivity contribution is 0.223. The molecule has 0 spiro atoms. The number of aryl methyl sites for hydroxylation is 1. The molecule has 18 heavy (non-hydrogen) atoms. The SMILES string of the molecule is CN(CC1CCCN1)C1CCc2cc(F)ccc21. The zero-order chi connectivity index (χ0) is 12.5. The molecule has 1 fully saturated rings. The highest BCUT2D eigenvalue weighted by atomic mass is 19.1. The van der Waals surface area contributed by atoms with Gasteiger partial charge in [0.2, 0.25) is 0 Å². The fourth-order valence-corrected chi connectivity index (χ4v) is 3.41. The van der Waals surface area contributed by atoms with Crippen LogP contribution in [0.1, 0.15) is 36.4 Å². The molecular formula is C15H21FN2. The van der Waals surface area contributed by atoms with E-state index in [1.54, 1.807) is 12.1 Å². The maximum atomic E-state index is 13.2. The van der Waals surface area contributed by atoms with Gasteiger partial charge in [-0.05, 0) is 62.5 Å². The zero-order valence-electron chi connectivity index (χ0n) is 11.0. The van der Waals surface area contributed by atoms with E-state index in [2.05, 4.69) is 17.3 Å². The van der Waals surface area contributed by atoms with E-state index in [1.807, 2.05) is 6.07 Å². The normalized spacial score (nSPS) is 26.8. The fraction of sp³-hybridized carbons (Fsp3) is 0.600. The van der Waals surface area contributed by atoms with Gasteiger partial charge in [-0.1, -0.05) is 6.07 Å². The number of rotatable bonds is 3. The smallest absolute Gasteiger partial charge is 0.123 e. The van der Waals surface area contributed by atoms with Crippen LogP contribution in [0.2, 0.25) is 0 Å². The van der Waals surface area contributed by atoms with Crippen molar-refractivity contribution < 1.29 is 4.39 Å². The number of nitrogens with zero attached hydrogens (tertiary/aromatic N) is 1. The summed E-state index contributed by atoms with van der Waals surface area (Å²) >= 11 is 0. The molecule has 1 aromatic rings. The topological polar surface area (TPSA) is 15.3 Å². The Balaban J connectivity index is 1.70. The maximum absolute atomic E-state index is 13.2. The van der Waals surface area contributed by atoms with Crippen molar-refractivity contribution in [3.8, 4) is 0 Å². The second kappa shape index (κ2) is 4.98. The first-order valence-electron chi connectivity index (χ1n) is 6.96. The minimum atomic E-state index is -0.102. The van der Waals surface area contributed by atoms with E-state index in [1.165, 1.54) is 24.0 Å². The van der Waals surface area contributed by atoms with Gasteiger partial charge >= 0.3 is 0 Å². The number of benzene rings is 1. The maximum Gasteiger partial charge on any atom is 0.123 e. The van der Waals surface area contributed by atoms with E-state index in [9.17, 15) is 4.39 Å². The number of nitrogens with one attached hydrogen (secondary N) is 1. The first-order valence-corrected chi connectivity index (χ1v) is 6.96. The highest BCUT2D eigenvalue weighted by Gasteiger charge is 2.28. The van der Waals surface area contributed by atoms with Gasteiger partial charge in [0, 0.05) is 18.6 Å². The summed E-state index contributed by atoms with van der Waals surface area (Å²) in [6.07, 6.45) is 4.72. The Morgan fingerprint density at radius 1 is 1.39 bits per heavy atom. The molecule has 0 bridgehead atoms. The van der Waals surface area contributed by atoms with Crippen LogP contribution >= 0.6 is 0 Å². The second-order valence-corrected chi connectivity index (χ2v) is 5.63. The molecule has 0 radical (unpaired) electrons. The van der Waals surface area contributed by atoms with Gasteiger partial charge in [0.05, 0.1) is 0 Å². The van der Waals surface area contributed by atoms with Gasteiger partial charge in [-0.15, -0.1) is 0 Å². The Morgan fingerprint density at radius 2 is 2.28 bits per heavy atom. The first kappa shape index (κ1) is 12.1. The van der Waals surface area contributed by atoms with Crippen molar-refractivity contribution in [2.24, 2.45) is 0 Å². The van der Waals surface area contributed by atoms with Crippen molar-refractivity contribution in [3.63, 3.8) is 0 Å². The van der Waals surface area contributed by atoms with Crippen LogP contribution in [0.5, 0.6) is 0 Å². The van der Waals surface area contributed by atoms with Gasteiger partial charge in [0.1, 0.15) is 5.82 Å². The molecule has 1 N–H and O–H groups in total. The second-order valence-electron chi connectivity index (χ2n) is 5.63. The van der Waals surface area contributed by atoms with E-state index in [0.717, 1.165) is 25.9 Å². The fourth-order valence-electron chi connectivity index (χ4n) is 3.41. The average molecular weight is 248 g/mol. The molecule has 1 aliphatic carbocycles. The van der Waals surface area contributed by atoms with Crippen molar-refractivity contribution in [2.75, 3.05) is 20.1 Å². The molecule has 2 aliphatic rings. The van der Waals surface area contributed by atoms with Crippen molar-refractivity contribution in [2.45, 2.75) is 37.8 Å². The van der Waals surface area contributed by atoms with Crippen LogP contribution in [0.25, 0.3) is 0 Å². The summed E-state index contributed by atoms with van der Waals surface area (Å²) in [4.78, 5) is 2.44. The molecule has 0 aromatic heterocycles. The molecule has 1 saturated heterocycles. The Labute approximate surface area is 108 Å². The highest BCUT2D eigenvalue weighted by molar-refractivity contribution is 5.35. The molecule has 0 amide bonds. The molecule has 0 saturated carbocycles. The summed E-state index contributed by atoms with van der Waals surface area (Å²) in [5.41, 5.74) is 2.53. The number of hydrogen-bond acceptors (Lipinski definition) is 2. The largest absolute Gasteiger partial charge is 0.313 e. The van der Waals surface area contributed by atoms with Gasteiger partial charge in [0.25, 0.3) is 0 Å². The van der Waals surface area contributed by atoms with Crippen molar-refractivity contribution in [1.82, 2.24) is 10.2 Å². The summed E-state index contributed by atoms with van der Waals surface area (Å²) in [7, 11) is 2.20. The van der Waals surface area contributed by atoms with Gasteiger partial charge in [0.15, 0.2) is 0 Å². The van der Waals surface area contributed by atoms with Gasteiger partial charge in [-0.25, -0.2) is 4.39 Å². The van der Waals surface area contributed by atoms with E-state index in [4.69, 9.17) is 0 Å². The summed E-state index contributed by atoms with van der Waals surface area (Å²) in [6, 6.07) is 6.39. The minimum Gasteiger partial charge on any atom is -0.313 e. The summed E-state index contributed by atoms with van der Waals surface area (Å²) < 4.78 is 13.2. The van der Waals surface area contributed by atoms with Crippen LogP contribution in [0.4, 0.5) is 4.39 Å². The Morgan fingerprint density at radius 3 is 3.06 bits per heavy atom. The van der Waals surface area contributed by atoms with Gasteiger partial charge in [-0.3, -0.25) is 4.90 Å². The molecule has 2 unspecified atom stereocenters. The number of likely N-dealkylation sites (N-methyl/N-ethyl adjacent to an activating group) is 1. The van der Waals surface area contributed by atoms with Crippen LogP contribution in [-0.2, 0) is 6.42 Å². The monoisotopic (exact) mass is 248 g/mol. The van der Waals surface area contributed by atoms with Crippen molar-refractivity contribution >= 4 is 0 Å². The van der Waals surface area contributed by atoms with E-state index in [-0.39, 0.29) is 5.82 Å². The van der Waals surface area contributed by atoms with E-state index in [0.29, 0.717) is 12.1 Å². The number of halogens is 1. The lowest BCUT2D eigenvalue weighted by atomic mass is 10.1. The number of fused-ring (bicyclic) bond motifs is 1.